The molecular weight excluding hydrogens is 402 g/mol. The molecule has 3 aromatic rings. The number of nitrogens with zero attached hydrogens (tertiary/aromatic N) is 3. The van der Waals surface area contributed by atoms with Crippen LogP contribution in [0.5, 0.6) is 11.6 Å². The second kappa shape index (κ2) is 10.3. The molecule has 7 heteroatoms. The van der Waals surface area contributed by atoms with Crippen molar-refractivity contribution in [1.29, 1.82) is 0 Å². The van der Waals surface area contributed by atoms with Crippen LogP contribution < -0.4 is 4.74 Å². The van der Waals surface area contributed by atoms with Crippen LogP contribution in [0, 0.1) is 0 Å². The van der Waals surface area contributed by atoms with Crippen LogP contribution in [0.4, 0.5) is 0 Å². The Morgan fingerprint density at radius 2 is 1.83 bits per heavy atom. The van der Waals surface area contributed by atoms with Crippen molar-refractivity contribution in [3.8, 4) is 22.9 Å². The summed E-state index contributed by atoms with van der Waals surface area (Å²) in [6.07, 6.45) is 0.830. The van der Waals surface area contributed by atoms with Gasteiger partial charge in [-0.2, -0.15) is 5.10 Å². The molecule has 0 radical (unpaired) electrons. The van der Waals surface area contributed by atoms with Crippen LogP contribution in [0.2, 0.25) is 5.02 Å². The molecule has 1 aromatic heterocycles. The first-order valence-electron chi connectivity index (χ1n) is 9.85. The lowest BCUT2D eigenvalue weighted by molar-refractivity contribution is -0.135. The molecular formula is C23H26ClN3O3. The van der Waals surface area contributed by atoms with Gasteiger partial charge in [0.1, 0.15) is 18.1 Å². The molecule has 3 rings (SSSR count). The molecule has 1 heterocycles. The number of hydrogen-bond acceptors (Lipinski definition) is 4. The number of para-hydroxylation sites is 1. The number of amides is 1. The molecule has 0 aliphatic heterocycles. The van der Waals surface area contributed by atoms with Crippen molar-refractivity contribution in [2.24, 2.45) is 7.05 Å². The Balaban J connectivity index is 2.07. The average Bonchev–Trinajstić information content (AvgIpc) is 3.05. The third-order valence-corrected chi connectivity index (χ3v) is 4.95. The lowest BCUT2D eigenvalue weighted by Crippen LogP contribution is -2.34. The molecule has 2 aromatic carbocycles. The minimum Gasteiger partial charge on any atom is -0.437 e. The topological polar surface area (TPSA) is 56.6 Å². The highest BCUT2D eigenvalue weighted by atomic mass is 35.5. The van der Waals surface area contributed by atoms with E-state index in [1.807, 2.05) is 56.4 Å². The van der Waals surface area contributed by atoms with Crippen LogP contribution >= 0.6 is 11.6 Å². The van der Waals surface area contributed by atoms with E-state index in [-0.39, 0.29) is 12.5 Å². The van der Waals surface area contributed by atoms with E-state index in [1.165, 1.54) is 7.11 Å². The first-order valence-corrected chi connectivity index (χ1v) is 10.2. The number of halogens is 1. The Morgan fingerprint density at radius 1 is 1.13 bits per heavy atom. The van der Waals surface area contributed by atoms with Crippen LogP contribution in [-0.4, -0.2) is 40.8 Å². The van der Waals surface area contributed by atoms with E-state index in [0.29, 0.717) is 29.7 Å². The maximum absolute atomic E-state index is 12.6. The number of methoxy groups -OCH3 is 1. The molecule has 0 saturated carbocycles. The van der Waals surface area contributed by atoms with Crippen molar-refractivity contribution in [2.45, 2.75) is 19.9 Å². The highest BCUT2D eigenvalue weighted by Gasteiger charge is 2.24. The van der Waals surface area contributed by atoms with Crippen LogP contribution in [0.15, 0.2) is 54.6 Å². The van der Waals surface area contributed by atoms with Crippen molar-refractivity contribution in [3.05, 3.63) is 65.2 Å². The summed E-state index contributed by atoms with van der Waals surface area (Å²) in [7, 11) is 3.34. The quantitative estimate of drug-likeness (QED) is 0.486. The molecule has 0 N–H and O–H groups in total. The van der Waals surface area contributed by atoms with Gasteiger partial charge in [-0.25, -0.2) is 4.68 Å². The zero-order valence-electron chi connectivity index (χ0n) is 17.5. The summed E-state index contributed by atoms with van der Waals surface area (Å²) >= 11 is 6.31. The Kier molecular flexibility index (Phi) is 7.49. The Labute approximate surface area is 182 Å². The number of aromatic nitrogens is 2. The average molecular weight is 428 g/mol. The van der Waals surface area contributed by atoms with E-state index in [9.17, 15) is 4.79 Å². The van der Waals surface area contributed by atoms with Crippen LogP contribution in [0.3, 0.4) is 0 Å². The molecule has 0 fully saturated rings. The minimum atomic E-state index is -0.0779. The van der Waals surface area contributed by atoms with Crippen LogP contribution in [0.1, 0.15) is 18.9 Å². The zero-order chi connectivity index (χ0) is 21.5. The smallest absolute Gasteiger partial charge is 0.248 e. The summed E-state index contributed by atoms with van der Waals surface area (Å²) in [5, 5.41) is 5.21. The van der Waals surface area contributed by atoms with E-state index < -0.39 is 0 Å². The lowest BCUT2D eigenvalue weighted by Gasteiger charge is -2.22. The van der Waals surface area contributed by atoms with Gasteiger partial charge >= 0.3 is 0 Å². The van der Waals surface area contributed by atoms with E-state index in [1.54, 1.807) is 21.7 Å². The van der Waals surface area contributed by atoms with Crippen molar-refractivity contribution in [1.82, 2.24) is 14.7 Å². The highest BCUT2D eigenvalue weighted by molar-refractivity contribution is 6.32. The monoisotopic (exact) mass is 427 g/mol. The molecule has 0 atom stereocenters. The van der Waals surface area contributed by atoms with Crippen molar-refractivity contribution in [2.75, 3.05) is 20.3 Å². The van der Waals surface area contributed by atoms with Crippen molar-refractivity contribution < 1.29 is 14.3 Å². The predicted octanol–water partition coefficient (Wildman–Crippen LogP) is 4.92. The summed E-state index contributed by atoms with van der Waals surface area (Å²) in [6.45, 7) is 3.03. The third kappa shape index (κ3) is 5.01. The molecule has 0 aliphatic rings. The van der Waals surface area contributed by atoms with Gasteiger partial charge in [-0.3, -0.25) is 4.79 Å². The number of benzene rings is 2. The normalized spacial score (nSPS) is 10.8. The van der Waals surface area contributed by atoms with E-state index in [0.717, 1.165) is 23.2 Å². The fraction of sp³-hybridized carbons (Fsp3) is 0.304. The van der Waals surface area contributed by atoms with Crippen molar-refractivity contribution >= 4 is 17.5 Å². The van der Waals surface area contributed by atoms with Gasteiger partial charge in [0.25, 0.3) is 0 Å². The molecule has 30 heavy (non-hydrogen) atoms. The fourth-order valence-corrected chi connectivity index (χ4v) is 3.42. The van der Waals surface area contributed by atoms with E-state index in [4.69, 9.17) is 26.2 Å². The van der Waals surface area contributed by atoms with Crippen LogP contribution in [-0.2, 0) is 23.1 Å². The number of rotatable bonds is 9. The van der Waals surface area contributed by atoms with E-state index >= 15 is 0 Å². The van der Waals surface area contributed by atoms with Crippen molar-refractivity contribution in [3.63, 3.8) is 0 Å². The SMILES string of the molecule is CCCN(Cc1c(-c2ccccc2)nn(C)c1Oc1ccccc1Cl)C(=O)COC. The Morgan fingerprint density at radius 3 is 2.50 bits per heavy atom. The third-order valence-electron chi connectivity index (χ3n) is 4.64. The van der Waals surface area contributed by atoms with Gasteiger partial charge in [-0.05, 0) is 18.6 Å². The molecule has 158 valence electrons. The Bertz CT molecular complexity index is 989. The first-order chi connectivity index (χ1) is 14.5. The van der Waals surface area contributed by atoms with Gasteiger partial charge in [-0.1, -0.05) is 61.0 Å². The molecule has 6 nitrogen and oxygen atoms in total. The summed E-state index contributed by atoms with van der Waals surface area (Å²) in [5.41, 5.74) is 2.54. The van der Waals surface area contributed by atoms with E-state index in [2.05, 4.69) is 0 Å². The molecule has 1 amide bonds. The van der Waals surface area contributed by atoms with Gasteiger partial charge in [0, 0.05) is 26.3 Å². The second-order valence-corrected chi connectivity index (χ2v) is 7.31. The largest absolute Gasteiger partial charge is 0.437 e. The fourth-order valence-electron chi connectivity index (χ4n) is 3.25. The number of carbonyl (C=O) groups is 1. The van der Waals surface area contributed by atoms with Gasteiger partial charge in [-0.15, -0.1) is 0 Å². The lowest BCUT2D eigenvalue weighted by atomic mass is 10.1. The predicted molar refractivity (Wildman–Crippen MR) is 118 cm³/mol. The van der Waals surface area contributed by atoms with Gasteiger partial charge in [0.2, 0.25) is 11.8 Å². The zero-order valence-corrected chi connectivity index (χ0v) is 18.2. The molecule has 0 spiro atoms. The van der Waals surface area contributed by atoms with Gasteiger partial charge in [0.15, 0.2) is 0 Å². The minimum absolute atomic E-state index is 0.0294. The maximum Gasteiger partial charge on any atom is 0.248 e. The number of carbonyl (C=O) groups excluding carboxylic acids is 1. The number of aryl methyl sites for hydroxylation is 1. The molecule has 0 unspecified atom stereocenters. The summed E-state index contributed by atoms with van der Waals surface area (Å²) in [6, 6.07) is 17.2. The highest BCUT2D eigenvalue weighted by Crippen LogP contribution is 2.36. The van der Waals surface area contributed by atoms with Gasteiger partial charge in [0.05, 0.1) is 17.1 Å². The molecule has 0 saturated heterocycles. The summed E-state index contributed by atoms with van der Waals surface area (Å²) in [4.78, 5) is 14.4. The Hall–Kier alpha value is -2.83. The number of ether oxygens (including phenoxy) is 2. The van der Waals surface area contributed by atoms with Gasteiger partial charge < -0.3 is 14.4 Å². The second-order valence-electron chi connectivity index (χ2n) is 6.90. The maximum atomic E-state index is 12.6. The summed E-state index contributed by atoms with van der Waals surface area (Å²) < 4.78 is 12.9. The standard InChI is InChI=1S/C23H26ClN3O3/c1-4-14-27(21(28)16-29-3)15-18-22(17-10-6-5-7-11-17)25-26(2)23(18)30-20-13-9-8-12-19(20)24/h5-13H,4,14-16H2,1-3H3. The number of hydrogen-bond donors (Lipinski definition) is 0. The molecule has 0 aliphatic carbocycles. The van der Waals surface area contributed by atoms with Crippen LogP contribution in [0.25, 0.3) is 11.3 Å². The molecule has 0 bridgehead atoms. The first kappa shape index (κ1) is 21.9. The summed E-state index contributed by atoms with van der Waals surface area (Å²) in [5.74, 6) is 1.01.